The molecule has 0 aromatic carbocycles. The van der Waals surface area contributed by atoms with Gasteiger partial charge in [0.2, 0.25) is 5.91 Å². The Balaban J connectivity index is 2.08. The van der Waals surface area contributed by atoms with Crippen LogP contribution < -0.4 is 5.32 Å². The smallest absolute Gasteiger partial charge is 0.223 e. The van der Waals surface area contributed by atoms with Gasteiger partial charge in [-0.1, -0.05) is 29.3 Å². The number of carbonyl (C=O) groups is 1. The van der Waals surface area contributed by atoms with E-state index in [4.69, 9.17) is 4.74 Å². The number of hydrogen-bond acceptors (Lipinski definition) is 2. The lowest BCUT2D eigenvalue weighted by Gasteiger charge is -2.14. The summed E-state index contributed by atoms with van der Waals surface area (Å²) in [6.07, 6.45) is 3.44. The van der Waals surface area contributed by atoms with Crippen LogP contribution in [0, 0.1) is 11.8 Å². The summed E-state index contributed by atoms with van der Waals surface area (Å²) in [4.78, 5) is 11.7. The van der Waals surface area contributed by atoms with Crippen molar-refractivity contribution < 1.29 is 9.53 Å². The van der Waals surface area contributed by atoms with E-state index in [1.54, 1.807) is 0 Å². The van der Waals surface area contributed by atoms with Crippen LogP contribution in [0.3, 0.4) is 0 Å². The normalized spacial score (nSPS) is 25.5. The van der Waals surface area contributed by atoms with Crippen molar-refractivity contribution >= 4 is 21.8 Å². The third-order valence-corrected chi connectivity index (χ3v) is 3.29. The third kappa shape index (κ3) is 4.51. The second-order valence-electron chi connectivity index (χ2n) is 4.11. The molecule has 0 bridgehead atoms. The molecule has 1 aliphatic rings. The zero-order valence-corrected chi connectivity index (χ0v) is 10.9. The number of hydrogen-bond donors (Lipinski definition) is 1. The molecule has 1 N–H and O–H groups in total. The van der Waals surface area contributed by atoms with Crippen LogP contribution >= 0.6 is 15.9 Å². The summed E-state index contributed by atoms with van der Waals surface area (Å²) in [5.74, 6) is 0.997. The first-order valence-electron chi connectivity index (χ1n) is 5.67. The molecular weight excluding hydrogens is 258 g/mol. The first kappa shape index (κ1) is 13.0. The Morgan fingerprint density at radius 2 is 2.27 bits per heavy atom. The molecule has 0 saturated heterocycles. The number of halogens is 1. The molecule has 15 heavy (non-hydrogen) atoms. The fourth-order valence-electron chi connectivity index (χ4n) is 2.07. The second-order valence-corrected chi connectivity index (χ2v) is 4.90. The molecule has 0 radical (unpaired) electrons. The minimum absolute atomic E-state index is 0.211. The summed E-state index contributed by atoms with van der Waals surface area (Å²) in [6.45, 7) is 4.11. The van der Waals surface area contributed by atoms with Crippen LogP contribution in [0.2, 0.25) is 0 Å². The maximum atomic E-state index is 11.7. The lowest BCUT2D eigenvalue weighted by Crippen LogP contribution is -2.34. The largest absolute Gasteiger partial charge is 0.379 e. The van der Waals surface area contributed by atoms with Crippen LogP contribution in [-0.4, -0.2) is 31.0 Å². The maximum Gasteiger partial charge on any atom is 0.223 e. The van der Waals surface area contributed by atoms with Crippen molar-refractivity contribution in [3.63, 3.8) is 0 Å². The third-order valence-electron chi connectivity index (χ3n) is 2.97. The molecule has 1 aliphatic carbocycles. The number of ether oxygens (including phenoxy) is 1. The van der Waals surface area contributed by atoms with Crippen molar-refractivity contribution in [1.29, 1.82) is 0 Å². The summed E-state index contributed by atoms with van der Waals surface area (Å²) in [7, 11) is 0. The monoisotopic (exact) mass is 277 g/mol. The van der Waals surface area contributed by atoms with Crippen molar-refractivity contribution in [2.45, 2.75) is 26.2 Å². The van der Waals surface area contributed by atoms with Crippen LogP contribution in [0.1, 0.15) is 26.2 Å². The van der Waals surface area contributed by atoms with Gasteiger partial charge in [0, 0.05) is 17.8 Å². The van der Waals surface area contributed by atoms with Gasteiger partial charge in [0.15, 0.2) is 0 Å². The van der Waals surface area contributed by atoms with Gasteiger partial charge < -0.3 is 10.1 Å². The van der Waals surface area contributed by atoms with Gasteiger partial charge in [-0.3, -0.25) is 4.79 Å². The highest BCUT2D eigenvalue weighted by Gasteiger charge is 2.29. The van der Waals surface area contributed by atoms with Gasteiger partial charge >= 0.3 is 0 Å². The van der Waals surface area contributed by atoms with Gasteiger partial charge in [-0.25, -0.2) is 0 Å². The summed E-state index contributed by atoms with van der Waals surface area (Å²) in [5, 5.41) is 3.78. The van der Waals surface area contributed by atoms with Crippen molar-refractivity contribution in [2.75, 3.05) is 25.1 Å². The van der Waals surface area contributed by atoms with Crippen molar-refractivity contribution in [3.8, 4) is 0 Å². The average Bonchev–Trinajstić information content (AvgIpc) is 2.64. The van der Waals surface area contributed by atoms with Gasteiger partial charge in [-0.2, -0.15) is 0 Å². The number of carbonyl (C=O) groups excluding carboxylic acids is 1. The Bertz CT molecular complexity index is 199. The van der Waals surface area contributed by atoms with E-state index < -0.39 is 0 Å². The number of alkyl halides is 1. The van der Waals surface area contributed by atoms with Crippen molar-refractivity contribution in [1.82, 2.24) is 5.32 Å². The van der Waals surface area contributed by atoms with E-state index in [-0.39, 0.29) is 11.8 Å². The number of nitrogens with one attached hydrogen (secondary N) is 1. The lowest BCUT2D eigenvalue weighted by molar-refractivity contribution is -0.126. The molecule has 1 fully saturated rings. The summed E-state index contributed by atoms with van der Waals surface area (Å²) in [5.41, 5.74) is 0. The first-order chi connectivity index (χ1) is 7.25. The van der Waals surface area contributed by atoms with E-state index in [0.29, 0.717) is 25.7 Å². The molecular formula is C11H20BrNO2. The van der Waals surface area contributed by atoms with Crippen molar-refractivity contribution in [3.05, 3.63) is 0 Å². The van der Waals surface area contributed by atoms with Gasteiger partial charge in [-0.15, -0.1) is 0 Å². The van der Waals surface area contributed by atoms with Gasteiger partial charge in [0.25, 0.3) is 0 Å². The molecule has 1 rings (SSSR count). The number of amides is 1. The van der Waals surface area contributed by atoms with Crippen LogP contribution in [0.5, 0.6) is 0 Å². The lowest BCUT2D eigenvalue weighted by atomic mass is 9.97. The molecule has 2 atom stereocenters. The Hall–Kier alpha value is -0.0900. The topological polar surface area (TPSA) is 38.3 Å². The van der Waals surface area contributed by atoms with Gasteiger partial charge in [-0.05, 0) is 18.8 Å². The van der Waals surface area contributed by atoms with E-state index in [1.807, 2.05) is 0 Å². The van der Waals surface area contributed by atoms with Crippen LogP contribution in [0.25, 0.3) is 0 Å². The van der Waals surface area contributed by atoms with E-state index in [9.17, 15) is 4.79 Å². The van der Waals surface area contributed by atoms with Gasteiger partial charge in [0.05, 0.1) is 13.2 Å². The predicted molar refractivity (Wildman–Crippen MR) is 64.1 cm³/mol. The SMILES string of the molecule is CC1CCCC1C(=O)NCCOCCBr. The molecule has 0 aliphatic heterocycles. The summed E-state index contributed by atoms with van der Waals surface area (Å²) >= 11 is 3.28. The Labute approximate surface area is 100 Å². The second kappa shape index (κ2) is 7.23. The van der Waals surface area contributed by atoms with Crippen molar-refractivity contribution in [2.24, 2.45) is 11.8 Å². The van der Waals surface area contributed by atoms with E-state index in [0.717, 1.165) is 11.8 Å². The fourth-order valence-corrected chi connectivity index (χ4v) is 2.30. The van der Waals surface area contributed by atoms with E-state index in [2.05, 4.69) is 28.2 Å². The molecule has 1 saturated carbocycles. The minimum Gasteiger partial charge on any atom is -0.379 e. The predicted octanol–water partition coefficient (Wildman–Crippen LogP) is 1.95. The first-order valence-corrected chi connectivity index (χ1v) is 6.79. The molecule has 3 nitrogen and oxygen atoms in total. The molecule has 0 aromatic rings. The van der Waals surface area contributed by atoms with E-state index in [1.165, 1.54) is 12.8 Å². The highest BCUT2D eigenvalue weighted by Crippen LogP contribution is 2.30. The molecule has 0 aromatic heterocycles. The minimum atomic E-state index is 0.211. The van der Waals surface area contributed by atoms with Crippen LogP contribution in [0.4, 0.5) is 0 Å². The highest BCUT2D eigenvalue weighted by molar-refractivity contribution is 9.09. The Morgan fingerprint density at radius 3 is 2.87 bits per heavy atom. The standard InChI is InChI=1S/C11H20BrNO2/c1-9-3-2-4-10(9)11(14)13-6-8-15-7-5-12/h9-10H,2-8H2,1H3,(H,13,14). The molecule has 88 valence electrons. The van der Waals surface area contributed by atoms with Gasteiger partial charge in [0.1, 0.15) is 0 Å². The fraction of sp³-hybridized carbons (Fsp3) is 0.909. The van der Waals surface area contributed by atoms with Crippen LogP contribution in [0.15, 0.2) is 0 Å². The molecule has 1 amide bonds. The Kier molecular flexibility index (Phi) is 6.25. The van der Waals surface area contributed by atoms with Crippen LogP contribution in [-0.2, 0) is 9.53 Å². The highest BCUT2D eigenvalue weighted by atomic mass is 79.9. The number of rotatable bonds is 6. The maximum absolute atomic E-state index is 11.7. The zero-order valence-electron chi connectivity index (χ0n) is 9.30. The molecule has 0 heterocycles. The summed E-state index contributed by atoms with van der Waals surface area (Å²) < 4.78 is 5.26. The van der Waals surface area contributed by atoms with E-state index >= 15 is 0 Å². The molecule has 2 unspecified atom stereocenters. The Morgan fingerprint density at radius 1 is 1.47 bits per heavy atom. The molecule has 0 spiro atoms. The summed E-state index contributed by atoms with van der Waals surface area (Å²) in [6, 6.07) is 0. The zero-order chi connectivity index (χ0) is 11.1. The molecule has 4 heteroatoms. The average molecular weight is 278 g/mol. The quantitative estimate of drug-likeness (QED) is 0.595.